The number of rotatable bonds is 7. The van der Waals surface area contributed by atoms with Gasteiger partial charge in [0.25, 0.3) is 0 Å². The summed E-state index contributed by atoms with van der Waals surface area (Å²) in [7, 11) is 0. The Morgan fingerprint density at radius 1 is 0.542 bits per heavy atom. The first-order chi connectivity index (χ1) is 10.7. The third-order valence-corrected chi connectivity index (χ3v) is 8.92. The maximum atomic E-state index is 6.36. The zero-order chi connectivity index (χ0) is 18.7. The van der Waals surface area contributed by atoms with Gasteiger partial charge in [-0.05, 0) is 67.2 Å². The first kappa shape index (κ1) is 20.2. The molecular weight excluding hydrogens is 296 g/mol. The van der Waals surface area contributed by atoms with Gasteiger partial charge >= 0.3 is 0 Å². The molecule has 0 saturated carbocycles. The molecule has 0 bridgehead atoms. The highest BCUT2D eigenvalue weighted by Gasteiger charge is 2.66. The molecule has 2 nitrogen and oxygen atoms in total. The van der Waals surface area contributed by atoms with E-state index in [9.17, 15) is 0 Å². The van der Waals surface area contributed by atoms with Crippen molar-refractivity contribution in [1.29, 1.82) is 0 Å². The highest BCUT2D eigenvalue weighted by molar-refractivity contribution is 5.14. The average Bonchev–Trinajstić information content (AvgIpc) is 2.48. The predicted molar refractivity (Wildman–Crippen MR) is 102 cm³/mol. The molecule has 2 heterocycles. The zero-order valence-electron chi connectivity index (χ0n) is 18.1. The third-order valence-electron chi connectivity index (χ3n) is 8.92. The molecule has 0 amide bonds. The molecule has 0 aliphatic carbocycles. The molecule has 0 aromatic carbocycles. The second-order valence-electron chi connectivity index (χ2n) is 10.3. The van der Waals surface area contributed by atoms with Crippen LogP contribution in [0.1, 0.15) is 108 Å². The minimum atomic E-state index is 0.00434. The maximum absolute atomic E-state index is 6.36. The van der Waals surface area contributed by atoms with Crippen molar-refractivity contribution in [2.75, 3.05) is 0 Å². The predicted octanol–water partition coefficient (Wildman–Crippen LogP) is 6.51. The van der Waals surface area contributed by atoms with Crippen LogP contribution in [0.4, 0.5) is 0 Å². The largest absolute Gasteiger partial charge is 0.368 e. The zero-order valence-corrected chi connectivity index (χ0v) is 18.1. The van der Waals surface area contributed by atoms with Crippen molar-refractivity contribution in [2.45, 2.75) is 130 Å². The van der Waals surface area contributed by atoms with E-state index in [1.807, 2.05) is 0 Å². The topological polar surface area (TPSA) is 18.5 Å². The van der Waals surface area contributed by atoms with Gasteiger partial charge in [-0.2, -0.15) is 0 Å². The van der Waals surface area contributed by atoms with Crippen molar-refractivity contribution in [3.05, 3.63) is 0 Å². The Balaban J connectivity index is 1.89. The van der Waals surface area contributed by atoms with Gasteiger partial charge in [0, 0.05) is 10.8 Å². The smallest absolute Gasteiger partial charge is 0.0742 e. The molecule has 142 valence electrons. The Bertz CT molecular complexity index is 438. The van der Waals surface area contributed by atoms with Gasteiger partial charge < -0.3 is 9.47 Å². The van der Waals surface area contributed by atoms with Gasteiger partial charge in [-0.15, -0.1) is 0 Å². The summed E-state index contributed by atoms with van der Waals surface area (Å²) >= 11 is 0. The minimum Gasteiger partial charge on any atom is -0.368 e. The van der Waals surface area contributed by atoms with Crippen molar-refractivity contribution < 1.29 is 9.47 Å². The van der Waals surface area contributed by atoms with E-state index in [1.54, 1.807) is 0 Å². The summed E-state index contributed by atoms with van der Waals surface area (Å²) in [6.07, 6.45) is 7.12. The molecular formula is C22H42O2. The van der Waals surface area contributed by atoms with Gasteiger partial charge in [-0.3, -0.25) is 0 Å². The molecule has 2 aliphatic heterocycles. The fourth-order valence-corrected chi connectivity index (χ4v) is 5.94. The Morgan fingerprint density at radius 3 is 1.04 bits per heavy atom. The quantitative estimate of drug-likeness (QED) is 0.492. The van der Waals surface area contributed by atoms with E-state index in [4.69, 9.17) is 9.47 Å². The van der Waals surface area contributed by atoms with Crippen LogP contribution in [-0.2, 0) is 9.47 Å². The minimum absolute atomic E-state index is 0.00434. The van der Waals surface area contributed by atoms with E-state index in [2.05, 4.69) is 69.2 Å². The van der Waals surface area contributed by atoms with Gasteiger partial charge in [0.1, 0.15) is 0 Å². The molecule has 0 spiro atoms. The summed E-state index contributed by atoms with van der Waals surface area (Å²) in [5, 5.41) is 0. The second kappa shape index (κ2) is 5.71. The van der Waals surface area contributed by atoms with Gasteiger partial charge in [-0.1, -0.05) is 40.5 Å². The number of unbranched alkanes of at least 4 members (excludes halogenated alkanes) is 1. The molecule has 2 fully saturated rings. The van der Waals surface area contributed by atoms with E-state index in [-0.39, 0.29) is 33.2 Å². The molecule has 24 heavy (non-hydrogen) atoms. The van der Waals surface area contributed by atoms with Crippen LogP contribution < -0.4 is 0 Å². The summed E-state index contributed by atoms with van der Waals surface area (Å²) < 4.78 is 12.7. The Hall–Kier alpha value is -0.0800. The lowest BCUT2D eigenvalue weighted by Gasteiger charge is -2.67. The third kappa shape index (κ3) is 2.42. The normalized spacial score (nSPS) is 46.2. The lowest BCUT2D eigenvalue weighted by atomic mass is 9.54. The standard InChI is InChI=1S/C22H42O2/c1-11-19(7)17(3,4)23-21(19,9)15-13-14-16-22(10)20(8,12-2)18(5,6)24-22/h11-16H2,1-10H3. The van der Waals surface area contributed by atoms with Gasteiger partial charge in [0.2, 0.25) is 0 Å². The molecule has 2 heteroatoms. The molecule has 0 radical (unpaired) electrons. The van der Waals surface area contributed by atoms with Gasteiger partial charge in [0.15, 0.2) is 0 Å². The van der Waals surface area contributed by atoms with E-state index in [0.29, 0.717) is 0 Å². The molecule has 4 atom stereocenters. The lowest BCUT2D eigenvalue weighted by molar-refractivity contribution is -0.362. The van der Waals surface area contributed by atoms with E-state index >= 15 is 0 Å². The van der Waals surface area contributed by atoms with Crippen LogP contribution in [0, 0.1) is 10.8 Å². The maximum Gasteiger partial charge on any atom is 0.0742 e. The summed E-state index contributed by atoms with van der Waals surface area (Å²) in [4.78, 5) is 0. The highest BCUT2D eigenvalue weighted by atomic mass is 16.6. The fraction of sp³-hybridized carbons (Fsp3) is 1.00. The van der Waals surface area contributed by atoms with E-state index < -0.39 is 0 Å². The van der Waals surface area contributed by atoms with Gasteiger partial charge in [-0.25, -0.2) is 0 Å². The second-order valence-corrected chi connectivity index (χ2v) is 10.3. The first-order valence-electron chi connectivity index (χ1n) is 10.1. The summed E-state index contributed by atoms with van der Waals surface area (Å²) in [5.74, 6) is 0. The molecule has 2 saturated heterocycles. The van der Waals surface area contributed by atoms with Crippen molar-refractivity contribution in [3.8, 4) is 0 Å². The van der Waals surface area contributed by atoms with Crippen molar-refractivity contribution >= 4 is 0 Å². The van der Waals surface area contributed by atoms with Crippen LogP contribution in [-0.4, -0.2) is 22.4 Å². The number of hydrogen-bond donors (Lipinski definition) is 0. The molecule has 0 N–H and O–H groups in total. The summed E-state index contributed by atoms with van der Waals surface area (Å²) in [5.41, 5.74) is 0.613. The lowest BCUT2D eigenvalue weighted by Crippen LogP contribution is -2.71. The van der Waals surface area contributed by atoms with E-state index in [0.717, 1.165) is 12.8 Å². The fourth-order valence-electron chi connectivity index (χ4n) is 5.94. The van der Waals surface area contributed by atoms with Crippen molar-refractivity contribution in [2.24, 2.45) is 10.8 Å². The molecule has 0 aromatic heterocycles. The number of hydrogen-bond acceptors (Lipinski definition) is 2. The monoisotopic (exact) mass is 338 g/mol. The molecule has 2 rings (SSSR count). The van der Waals surface area contributed by atoms with Crippen LogP contribution in [0.2, 0.25) is 0 Å². The van der Waals surface area contributed by atoms with Crippen LogP contribution in [0.25, 0.3) is 0 Å². The highest BCUT2D eigenvalue weighted by Crippen LogP contribution is 2.62. The first-order valence-corrected chi connectivity index (χ1v) is 10.1. The van der Waals surface area contributed by atoms with Crippen molar-refractivity contribution in [1.82, 2.24) is 0 Å². The Morgan fingerprint density at radius 2 is 0.833 bits per heavy atom. The van der Waals surface area contributed by atoms with E-state index in [1.165, 1.54) is 25.7 Å². The summed E-state index contributed by atoms with van der Waals surface area (Å²) in [6, 6.07) is 0. The average molecular weight is 339 g/mol. The van der Waals surface area contributed by atoms with Crippen molar-refractivity contribution in [3.63, 3.8) is 0 Å². The molecule has 0 aromatic rings. The SMILES string of the molecule is CCC1(C)C(C)(C)OC1(C)CCCCC1(C)OC(C)(C)C1(C)CC. The van der Waals surface area contributed by atoms with Crippen LogP contribution in [0.3, 0.4) is 0 Å². The number of ether oxygens (including phenoxy) is 2. The Labute approximate surface area is 151 Å². The molecule has 4 unspecified atom stereocenters. The van der Waals surface area contributed by atoms with Crippen LogP contribution in [0.15, 0.2) is 0 Å². The van der Waals surface area contributed by atoms with Crippen LogP contribution in [0.5, 0.6) is 0 Å². The van der Waals surface area contributed by atoms with Gasteiger partial charge in [0.05, 0.1) is 22.4 Å². The summed E-state index contributed by atoms with van der Waals surface area (Å²) in [6.45, 7) is 23.1. The Kier molecular flexibility index (Phi) is 4.81. The molecule has 2 aliphatic rings. The van der Waals surface area contributed by atoms with Crippen LogP contribution >= 0.6 is 0 Å².